The lowest BCUT2D eigenvalue weighted by molar-refractivity contribution is 0.311. The van der Waals surface area contributed by atoms with Crippen molar-refractivity contribution < 1.29 is 8.42 Å². The number of aryl methyl sites for hydroxylation is 1. The summed E-state index contributed by atoms with van der Waals surface area (Å²) in [4.78, 5) is 2.38. The Morgan fingerprint density at radius 1 is 1.35 bits per heavy atom. The van der Waals surface area contributed by atoms with E-state index in [1.165, 1.54) is 30.4 Å². The molecule has 3 rings (SSSR count). The molecule has 1 aromatic heterocycles. The van der Waals surface area contributed by atoms with Crippen LogP contribution in [-0.2, 0) is 23.6 Å². The van der Waals surface area contributed by atoms with Crippen LogP contribution in [0.5, 0.6) is 0 Å². The molecule has 130 valence electrons. The highest BCUT2D eigenvalue weighted by Crippen LogP contribution is 2.41. The van der Waals surface area contributed by atoms with Gasteiger partial charge in [-0.25, -0.2) is 13.1 Å². The van der Waals surface area contributed by atoms with Gasteiger partial charge in [-0.05, 0) is 25.2 Å². The summed E-state index contributed by atoms with van der Waals surface area (Å²) in [5, 5.41) is 4.43. The van der Waals surface area contributed by atoms with Gasteiger partial charge in [-0.3, -0.25) is 9.58 Å². The van der Waals surface area contributed by atoms with E-state index < -0.39 is 10.0 Å². The fourth-order valence-corrected chi connectivity index (χ4v) is 4.72. The molecule has 0 aromatic carbocycles. The predicted octanol–water partition coefficient (Wildman–Crippen LogP) is 1.45. The molecule has 2 heterocycles. The van der Waals surface area contributed by atoms with E-state index in [1.807, 2.05) is 17.9 Å². The molecule has 0 spiro atoms. The SMILES string of the molecule is CCC[C@H]1CN(Cc2cnn(C)c2C2CC2)C[C@@H]1NS(C)(=O)=O. The largest absolute Gasteiger partial charge is 0.297 e. The first-order valence-corrected chi connectivity index (χ1v) is 10.5. The Labute approximate surface area is 139 Å². The number of sulfonamides is 1. The molecule has 0 unspecified atom stereocenters. The van der Waals surface area contributed by atoms with Crippen molar-refractivity contribution in [3.05, 3.63) is 17.5 Å². The van der Waals surface area contributed by atoms with Crippen molar-refractivity contribution in [1.82, 2.24) is 19.4 Å². The number of rotatable bonds is 7. The first-order chi connectivity index (χ1) is 10.9. The zero-order chi connectivity index (χ0) is 16.6. The zero-order valence-electron chi connectivity index (χ0n) is 14.3. The molecule has 1 aliphatic carbocycles. The maximum absolute atomic E-state index is 11.6. The summed E-state index contributed by atoms with van der Waals surface area (Å²) >= 11 is 0. The molecule has 2 fully saturated rings. The van der Waals surface area contributed by atoms with Gasteiger partial charge >= 0.3 is 0 Å². The molecule has 0 bridgehead atoms. The highest BCUT2D eigenvalue weighted by atomic mass is 32.2. The molecule has 1 aromatic rings. The number of hydrogen-bond donors (Lipinski definition) is 1. The van der Waals surface area contributed by atoms with Crippen molar-refractivity contribution in [2.24, 2.45) is 13.0 Å². The summed E-state index contributed by atoms with van der Waals surface area (Å²) in [5.74, 6) is 1.08. The van der Waals surface area contributed by atoms with Gasteiger partial charge in [0, 0.05) is 49.9 Å². The molecule has 7 heteroatoms. The van der Waals surface area contributed by atoms with E-state index in [9.17, 15) is 8.42 Å². The van der Waals surface area contributed by atoms with E-state index in [2.05, 4.69) is 21.6 Å². The summed E-state index contributed by atoms with van der Waals surface area (Å²) in [6.07, 6.45) is 7.92. The summed E-state index contributed by atoms with van der Waals surface area (Å²) < 4.78 is 28.1. The summed E-state index contributed by atoms with van der Waals surface area (Å²) in [7, 11) is -1.13. The van der Waals surface area contributed by atoms with Gasteiger partial charge in [0.2, 0.25) is 10.0 Å². The van der Waals surface area contributed by atoms with Gasteiger partial charge in [-0.1, -0.05) is 13.3 Å². The van der Waals surface area contributed by atoms with Crippen LogP contribution in [0, 0.1) is 5.92 Å². The molecular formula is C16H28N4O2S. The fourth-order valence-electron chi connectivity index (χ4n) is 3.90. The van der Waals surface area contributed by atoms with Crippen molar-refractivity contribution >= 4 is 10.0 Å². The average molecular weight is 340 g/mol. The third-order valence-corrected chi connectivity index (χ3v) is 5.69. The Balaban J connectivity index is 1.69. The van der Waals surface area contributed by atoms with Gasteiger partial charge in [-0.2, -0.15) is 5.10 Å². The lowest BCUT2D eigenvalue weighted by Gasteiger charge is -2.17. The highest BCUT2D eigenvalue weighted by Gasteiger charge is 2.35. The minimum absolute atomic E-state index is 0.0333. The van der Waals surface area contributed by atoms with E-state index in [0.717, 1.165) is 32.5 Å². The molecule has 1 saturated heterocycles. The van der Waals surface area contributed by atoms with Gasteiger partial charge < -0.3 is 0 Å². The van der Waals surface area contributed by atoms with E-state index in [1.54, 1.807) is 0 Å². The smallest absolute Gasteiger partial charge is 0.209 e. The third-order valence-electron chi connectivity index (χ3n) is 4.96. The first kappa shape index (κ1) is 16.9. The van der Waals surface area contributed by atoms with Crippen LogP contribution in [0.15, 0.2) is 6.20 Å². The second-order valence-electron chi connectivity index (χ2n) is 7.19. The number of aromatic nitrogens is 2. The maximum atomic E-state index is 11.6. The molecule has 1 saturated carbocycles. The van der Waals surface area contributed by atoms with Crippen LogP contribution < -0.4 is 4.72 Å². The Morgan fingerprint density at radius 2 is 2.09 bits per heavy atom. The second kappa shape index (κ2) is 6.53. The average Bonchev–Trinajstić information content (AvgIpc) is 3.12. The van der Waals surface area contributed by atoms with E-state index in [-0.39, 0.29) is 6.04 Å². The van der Waals surface area contributed by atoms with E-state index in [4.69, 9.17) is 0 Å². The molecule has 0 radical (unpaired) electrons. The second-order valence-corrected chi connectivity index (χ2v) is 8.97. The molecule has 1 N–H and O–H groups in total. The molecular weight excluding hydrogens is 312 g/mol. The number of hydrogen-bond acceptors (Lipinski definition) is 4. The monoisotopic (exact) mass is 340 g/mol. The highest BCUT2D eigenvalue weighted by molar-refractivity contribution is 7.88. The van der Waals surface area contributed by atoms with Crippen molar-refractivity contribution in [3.8, 4) is 0 Å². The topological polar surface area (TPSA) is 67.2 Å². The molecule has 23 heavy (non-hydrogen) atoms. The Bertz CT molecular complexity index is 651. The molecule has 1 aliphatic heterocycles. The maximum Gasteiger partial charge on any atom is 0.209 e. The van der Waals surface area contributed by atoms with Gasteiger partial charge in [0.15, 0.2) is 0 Å². The lowest BCUT2D eigenvalue weighted by Crippen LogP contribution is -2.39. The van der Waals surface area contributed by atoms with Gasteiger partial charge in [0.25, 0.3) is 0 Å². The molecule has 2 atom stereocenters. The minimum atomic E-state index is -3.16. The van der Waals surface area contributed by atoms with Crippen molar-refractivity contribution in [1.29, 1.82) is 0 Å². The first-order valence-electron chi connectivity index (χ1n) is 8.57. The Hall–Kier alpha value is -0.920. The summed E-state index contributed by atoms with van der Waals surface area (Å²) in [5.41, 5.74) is 2.68. The van der Waals surface area contributed by atoms with Crippen LogP contribution in [0.1, 0.15) is 49.8 Å². The van der Waals surface area contributed by atoms with Crippen LogP contribution in [-0.4, -0.2) is 48.5 Å². The van der Waals surface area contributed by atoms with Gasteiger partial charge in [-0.15, -0.1) is 0 Å². The van der Waals surface area contributed by atoms with E-state index in [0.29, 0.717) is 11.8 Å². The quantitative estimate of drug-likeness (QED) is 0.816. The molecule has 0 amide bonds. The predicted molar refractivity (Wildman–Crippen MR) is 90.6 cm³/mol. The van der Waals surface area contributed by atoms with Crippen LogP contribution >= 0.6 is 0 Å². The lowest BCUT2D eigenvalue weighted by atomic mass is 9.99. The van der Waals surface area contributed by atoms with Gasteiger partial charge in [0.1, 0.15) is 0 Å². The summed E-state index contributed by atoms with van der Waals surface area (Å²) in [6.45, 7) is 4.78. The van der Waals surface area contributed by atoms with Crippen LogP contribution in [0.2, 0.25) is 0 Å². The van der Waals surface area contributed by atoms with E-state index >= 15 is 0 Å². The van der Waals surface area contributed by atoms with Crippen molar-refractivity contribution in [2.45, 2.75) is 51.1 Å². The summed E-state index contributed by atoms with van der Waals surface area (Å²) in [6, 6.07) is 0.0333. The normalized spacial score (nSPS) is 26.0. The van der Waals surface area contributed by atoms with Crippen LogP contribution in [0.25, 0.3) is 0 Å². The third kappa shape index (κ3) is 4.14. The van der Waals surface area contributed by atoms with Crippen LogP contribution in [0.4, 0.5) is 0 Å². The van der Waals surface area contributed by atoms with Crippen molar-refractivity contribution in [2.75, 3.05) is 19.3 Å². The van der Waals surface area contributed by atoms with Crippen molar-refractivity contribution in [3.63, 3.8) is 0 Å². The van der Waals surface area contributed by atoms with Crippen LogP contribution in [0.3, 0.4) is 0 Å². The number of nitrogens with one attached hydrogen (secondary N) is 1. The van der Waals surface area contributed by atoms with Gasteiger partial charge in [0.05, 0.1) is 12.5 Å². The standard InChI is InChI=1S/C16H28N4O2S/c1-4-5-13-9-20(11-15(13)18-23(3,21)22)10-14-8-17-19(2)16(14)12-6-7-12/h8,12-13,15,18H,4-7,9-11H2,1-3H3/t13-,15-/m0/s1. The molecule has 2 aliphatic rings. The zero-order valence-corrected chi connectivity index (χ0v) is 15.1. The molecule has 6 nitrogen and oxygen atoms in total. The number of likely N-dealkylation sites (tertiary alicyclic amines) is 1. The number of nitrogens with zero attached hydrogens (tertiary/aromatic N) is 3. The minimum Gasteiger partial charge on any atom is -0.297 e. The Morgan fingerprint density at radius 3 is 2.70 bits per heavy atom. The Kier molecular flexibility index (Phi) is 4.80. The fraction of sp³-hybridized carbons (Fsp3) is 0.812.